The summed E-state index contributed by atoms with van der Waals surface area (Å²) in [6, 6.07) is 13.2. The maximum absolute atomic E-state index is 10.6. The molecule has 2 aromatic carbocycles. The Hall–Kier alpha value is -2.40. The zero-order valence-corrected chi connectivity index (χ0v) is 20.4. The molecule has 13 heteroatoms. The van der Waals surface area contributed by atoms with Crippen LogP contribution in [0.4, 0.5) is 0 Å². The molecule has 10 N–H and O–H groups in total. The van der Waals surface area contributed by atoms with Crippen molar-refractivity contribution in [2.24, 2.45) is 5.73 Å². The van der Waals surface area contributed by atoms with Crippen LogP contribution in [-0.2, 0) is 9.47 Å². The summed E-state index contributed by atoms with van der Waals surface area (Å²) < 4.78 is 22.0. The monoisotopic (exact) mass is 539 g/mol. The van der Waals surface area contributed by atoms with E-state index >= 15 is 0 Å². The van der Waals surface area contributed by atoms with E-state index in [1.54, 1.807) is 48.5 Å². The Morgan fingerprint density at radius 2 is 1.11 bits per heavy atom. The molecular weight excluding hydrogens is 506 g/mol. The number of hydrogen-bond donors (Lipinski definition) is 9. The molecule has 2 heterocycles. The van der Waals surface area contributed by atoms with E-state index in [-0.39, 0.29) is 5.75 Å². The Kier molecular flexibility index (Phi) is 8.28. The Balaban J connectivity index is 1.43. The van der Waals surface area contributed by atoms with Gasteiger partial charge in [-0.1, -0.05) is 24.3 Å². The average Bonchev–Trinajstić information content (AvgIpc) is 2.90. The van der Waals surface area contributed by atoms with Crippen molar-refractivity contribution in [1.29, 1.82) is 0 Å². The van der Waals surface area contributed by atoms with E-state index in [4.69, 9.17) is 24.7 Å². The molecule has 2 aliphatic rings. The van der Waals surface area contributed by atoms with Gasteiger partial charge in [0.2, 0.25) is 18.3 Å². The molecule has 0 aromatic heterocycles. The lowest BCUT2D eigenvalue weighted by Crippen LogP contribution is -2.72. The van der Waals surface area contributed by atoms with E-state index in [0.29, 0.717) is 5.75 Å². The third-order valence-electron chi connectivity index (χ3n) is 6.82. The van der Waals surface area contributed by atoms with Crippen LogP contribution in [0.2, 0.25) is 0 Å². The van der Waals surface area contributed by atoms with Gasteiger partial charge in [-0.15, -0.1) is 0 Å². The summed E-state index contributed by atoms with van der Waals surface area (Å²) >= 11 is 0. The first-order chi connectivity index (χ1) is 17.9. The quantitative estimate of drug-likeness (QED) is 0.165. The second-order valence-corrected chi connectivity index (χ2v) is 9.65. The minimum absolute atomic E-state index is 0.235. The van der Waals surface area contributed by atoms with Gasteiger partial charge >= 0.3 is 0 Å². The normalized spacial score (nSPS) is 39.5. The van der Waals surface area contributed by atoms with Crippen molar-refractivity contribution in [1.82, 2.24) is 0 Å². The molecule has 210 valence electrons. The SMILES string of the molecule is C[C@@]1(O)[C@@H](Oc2ccc(-c3ccc(O[C@H]4O[C@H](CO)[C@@H](O)[C@H](O)[C@]4(N)O)cc3)cc2)O[C@H](CO)[C@@H](O)[C@@H]1O. The lowest BCUT2D eigenvalue weighted by atomic mass is 9.88. The lowest BCUT2D eigenvalue weighted by Gasteiger charge is -2.45. The Morgan fingerprint density at radius 1 is 0.711 bits per heavy atom. The predicted molar refractivity (Wildman–Crippen MR) is 128 cm³/mol. The zero-order valence-electron chi connectivity index (χ0n) is 20.4. The Morgan fingerprint density at radius 3 is 1.55 bits per heavy atom. The third-order valence-corrected chi connectivity index (χ3v) is 6.82. The van der Waals surface area contributed by atoms with Gasteiger partial charge in [0.1, 0.15) is 48.1 Å². The molecule has 0 unspecified atom stereocenters. The first-order valence-corrected chi connectivity index (χ1v) is 11.9. The van der Waals surface area contributed by atoms with Crippen LogP contribution in [0.3, 0.4) is 0 Å². The van der Waals surface area contributed by atoms with E-state index in [9.17, 15) is 40.9 Å². The van der Waals surface area contributed by atoms with Crippen LogP contribution < -0.4 is 15.2 Å². The van der Waals surface area contributed by atoms with Crippen molar-refractivity contribution in [2.45, 2.75) is 67.5 Å². The highest BCUT2D eigenvalue weighted by Gasteiger charge is 2.54. The molecule has 0 amide bonds. The lowest BCUT2D eigenvalue weighted by molar-refractivity contribution is -0.319. The van der Waals surface area contributed by atoms with Crippen LogP contribution in [0.25, 0.3) is 11.1 Å². The highest BCUT2D eigenvalue weighted by atomic mass is 16.7. The van der Waals surface area contributed by atoms with Gasteiger partial charge in [-0.2, -0.15) is 0 Å². The predicted octanol–water partition coefficient (Wildman–Crippen LogP) is -2.61. The van der Waals surface area contributed by atoms with Crippen molar-refractivity contribution >= 4 is 0 Å². The van der Waals surface area contributed by atoms with Crippen LogP contribution >= 0.6 is 0 Å². The van der Waals surface area contributed by atoms with Crippen molar-refractivity contribution < 1.29 is 59.8 Å². The minimum Gasteiger partial charge on any atom is -0.462 e. The van der Waals surface area contributed by atoms with Gasteiger partial charge in [-0.3, -0.25) is 5.73 Å². The first-order valence-electron chi connectivity index (χ1n) is 11.9. The van der Waals surface area contributed by atoms with Gasteiger partial charge in [-0.05, 0) is 42.3 Å². The van der Waals surface area contributed by atoms with E-state index < -0.39 is 73.7 Å². The molecule has 2 aliphatic heterocycles. The van der Waals surface area contributed by atoms with Crippen molar-refractivity contribution in [3.8, 4) is 22.6 Å². The average molecular weight is 540 g/mol. The summed E-state index contributed by atoms with van der Waals surface area (Å²) in [7, 11) is 0. The summed E-state index contributed by atoms with van der Waals surface area (Å²) in [4.78, 5) is 0. The van der Waals surface area contributed by atoms with Crippen LogP contribution in [0.1, 0.15) is 6.92 Å². The highest BCUT2D eigenvalue weighted by Crippen LogP contribution is 2.33. The van der Waals surface area contributed by atoms with E-state index in [2.05, 4.69) is 0 Å². The van der Waals surface area contributed by atoms with Gasteiger partial charge in [0, 0.05) is 0 Å². The molecule has 4 rings (SSSR count). The first kappa shape index (κ1) is 28.6. The van der Waals surface area contributed by atoms with E-state index in [1.807, 2.05) is 0 Å². The number of rotatable bonds is 7. The van der Waals surface area contributed by atoms with Crippen LogP contribution in [0.5, 0.6) is 11.5 Å². The molecule has 0 spiro atoms. The van der Waals surface area contributed by atoms with Gasteiger partial charge in [0.05, 0.1) is 13.2 Å². The van der Waals surface area contributed by atoms with Gasteiger partial charge in [-0.25, -0.2) is 0 Å². The van der Waals surface area contributed by atoms with Gasteiger partial charge in [0.25, 0.3) is 0 Å². The summed E-state index contributed by atoms with van der Waals surface area (Å²) in [6.45, 7) is 0.0599. The van der Waals surface area contributed by atoms with Gasteiger partial charge in [0.15, 0.2) is 5.60 Å². The van der Waals surface area contributed by atoms with Crippen LogP contribution in [0, 0.1) is 0 Å². The number of aliphatic hydroxyl groups excluding tert-OH is 6. The molecule has 0 saturated carbocycles. The molecule has 0 radical (unpaired) electrons. The Bertz CT molecular complexity index is 978. The van der Waals surface area contributed by atoms with Crippen molar-refractivity contribution in [3.63, 3.8) is 0 Å². The number of nitrogens with two attached hydrogens (primary N) is 1. The highest BCUT2D eigenvalue weighted by molar-refractivity contribution is 5.64. The molecule has 10 atom stereocenters. The summed E-state index contributed by atoms with van der Waals surface area (Å²) in [5, 5.41) is 79.9. The molecule has 13 nitrogen and oxygen atoms in total. The fourth-order valence-electron chi connectivity index (χ4n) is 4.30. The van der Waals surface area contributed by atoms with Crippen LogP contribution in [-0.4, -0.2) is 115 Å². The van der Waals surface area contributed by atoms with E-state index in [1.165, 1.54) is 6.92 Å². The van der Waals surface area contributed by atoms with E-state index in [0.717, 1.165) is 11.1 Å². The summed E-state index contributed by atoms with van der Waals surface area (Å²) in [5.74, 6) is 0.536. The molecule has 2 fully saturated rings. The van der Waals surface area contributed by atoms with Crippen LogP contribution in [0.15, 0.2) is 48.5 Å². The second-order valence-electron chi connectivity index (χ2n) is 9.65. The largest absolute Gasteiger partial charge is 0.462 e. The van der Waals surface area contributed by atoms with Crippen molar-refractivity contribution in [3.05, 3.63) is 48.5 Å². The smallest absolute Gasteiger partial charge is 0.245 e. The molecule has 2 saturated heterocycles. The molecule has 0 bridgehead atoms. The number of aliphatic hydroxyl groups is 8. The topological polar surface area (TPSA) is 225 Å². The number of benzene rings is 2. The molecule has 2 aromatic rings. The summed E-state index contributed by atoms with van der Waals surface area (Å²) in [5.41, 5.74) is 2.87. The standard InChI is InChI=1S/C25H33NO12/c1-24(33)20(31)18(29)16(10-27)37-22(24)35-14-6-2-12(3-7-14)13-4-8-15(9-5-13)36-23-25(26,34)21(32)19(30)17(11-28)38-23/h2-9,16-23,27-34H,10-11,26H2,1H3/t16-,17-,18-,19-,20+,21+,22+,23+,24+,25+/m1/s1. The fraction of sp³-hybridized carbons (Fsp3) is 0.520. The van der Waals surface area contributed by atoms with Gasteiger partial charge < -0.3 is 59.8 Å². The number of hydrogen-bond acceptors (Lipinski definition) is 13. The van der Waals surface area contributed by atoms with Crippen molar-refractivity contribution in [2.75, 3.05) is 13.2 Å². The fourth-order valence-corrected chi connectivity index (χ4v) is 4.30. The minimum atomic E-state index is -2.43. The number of ether oxygens (including phenoxy) is 4. The summed E-state index contributed by atoms with van der Waals surface area (Å²) in [6.07, 6.45) is -11.8. The molecular formula is C25H33NO12. The second kappa shape index (κ2) is 11.0. The molecule has 0 aliphatic carbocycles. The third kappa shape index (κ3) is 5.36. The molecule has 38 heavy (non-hydrogen) atoms. The zero-order chi connectivity index (χ0) is 27.8. The maximum atomic E-state index is 10.6. The Labute approximate surface area is 217 Å². The maximum Gasteiger partial charge on any atom is 0.245 e.